The molecule has 1 aromatic rings. The molecule has 5 nitrogen and oxygen atoms in total. The van der Waals surface area contributed by atoms with E-state index in [0.29, 0.717) is 4.90 Å². The summed E-state index contributed by atoms with van der Waals surface area (Å²) >= 11 is 0. The van der Waals surface area contributed by atoms with Gasteiger partial charge in [-0.3, -0.25) is 0 Å². The minimum atomic E-state index is -3.45. The molecule has 0 aliphatic heterocycles. The average molecular weight is 270 g/mol. The van der Waals surface area contributed by atoms with Gasteiger partial charge in [-0.1, -0.05) is 6.07 Å². The average Bonchev–Trinajstić information content (AvgIpc) is 2.38. The van der Waals surface area contributed by atoms with Gasteiger partial charge in [0.25, 0.3) is 0 Å². The quantitative estimate of drug-likeness (QED) is 0.610. The molecule has 0 saturated heterocycles. The highest BCUT2D eigenvalue weighted by Crippen LogP contribution is 2.23. The van der Waals surface area contributed by atoms with E-state index in [4.69, 9.17) is 5.90 Å². The molecular formula is C12H18N2O3S. The van der Waals surface area contributed by atoms with E-state index in [1.807, 2.05) is 6.07 Å². The van der Waals surface area contributed by atoms with Gasteiger partial charge in [-0.2, -0.15) is 0 Å². The zero-order chi connectivity index (χ0) is 13.0. The van der Waals surface area contributed by atoms with Gasteiger partial charge in [-0.15, -0.1) is 0 Å². The molecule has 6 heteroatoms. The van der Waals surface area contributed by atoms with Crippen molar-refractivity contribution < 1.29 is 13.3 Å². The van der Waals surface area contributed by atoms with Crippen LogP contribution in [-0.2, 0) is 27.7 Å². The number of nitrogens with one attached hydrogen (secondary N) is 1. The van der Waals surface area contributed by atoms with Crippen molar-refractivity contribution in [1.29, 1.82) is 0 Å². The van der Waals surface area contributed by atoms with Gasteiger partial charge in [-0.05, 0) is 48.9 Å². The lowest BCUT2D eigenvalue weighted by atomic mass is 9.92. The molecule has 1 aliphatic rings. The summed E-state index contributed by atoms with van der Waals surface area (Å²) in [7, 11) is -3.45. The van der Waals surface area contributed by atoms with Gasteiger partial charge in [-0.25, -0.2) is 19.0 Å². The lowest BCUT2D eigenvalue weighted by Gasteiger charge is -2.16. The van der Waals surface area contributed by atoms with Crippen LogP contribution >= 0.6 is 0 Å². The predicted octanol–water partition coefficient (Wildman–Crippen LogP) is 0.734. The zero-order valence-electron chi connectivity index (χ0n) is 10.2. The second kappa shape index (κ2) is 5.79. The summed E-state index contributed by atoms with van der Waals surface area (Å²) in [6.07, 6.45) is 4.32. The Bertz CT molecular complexity index is 514. The third-order valence-electron chi connectivity index (χ3n) is 3.14. The monoisotopic (exact) mass is 270 g/mol. The van der Waals surface area contributed by atoms with Crippen LogP contribution in [0.1, 0.15) is 24.0 Å². The minimum absolute atomic E-state index is 0.157. The number of hydrogen-bond acceptors (Lipinski definition) is 4. The van der Waals surface area contributed by atoms with Crippen LogP contribution in [0.4, 0.5) is 0 Å². The van der Waals surface area contributed by atoms with Crippen LogP contribution in [0, 0.1) is 0 Å². The first-order valence-corrected chi connectivity index (χ1v) is 7.55. The maximum Gasteiger partial charge on any atom is 0.240 e. The van der Waals surface area contributed by atoms with E-state index in [-0.39, 0.29) is 13.2 Å². The number of sulfonamides is 1. The van der Waals surface area contributed by atoms with E-state index >= 15 is 0 Å². The number of hydrogen-bond donors (Lipinski definition) is 2. The summed E-state index contributed by atoms with van der Waals surface area (Å²) in [6.45, 7) is 0.333. The molecule has 100 valence electrons. The Labute approximate surface area is 107 Å². The lowest BCUT2D eigenvalue weighted by molar-refractivity contribution is 0.143. The van der Waals surface area contributed by atoms with Crippen LogP contribution in [0.15, 0.2) is 23.1 Å². The van der Waals surface area contributed by atoms with Crippen LogP contribution < -0.4 is 10.6 Å². The topological polar surface area (TPSA) is 81.4 Å². The Balaban J connectivity index is 2.17. The summed E-state index contributed by atoms with van der Waals surface area (Å²) in [4.78, 5) is 4.66. The van der Waals surface area contributed by atoms with E-state index in [2.05, 4.69) is 9.56 Å². The first-order valence-electron chi connectivity index (χ1n) is 6.06. The van der Waals surface area contributed by atoms with Gasteiger partial charge >= 0.3 is 0 Å². The van der Waals surface area contributed by atoms with Crippen molar-refractivity contribution in [2.75, 3.05) is 13.2 Å². The molecule has 0 spiro atoms. The molecule has 0 amide bonds. The summed E-state index contributed by atoms with van der Waals surface area (Å²) in [5, 5.41) is 0. The number of rotatable bonds is 5. The van der Waals surface area contributed by atoms with Gasteiger partial charge in [0, 0.05) is 6.54 Å². The van der Waals surface area contributed by atoms with Crippen LogP contribution in [0.3, 0.4) is 0 Å². The van der Waals surface area contributed by atoms with E-state index in [1.54, 1.807) is 12.1 Å². The molecule has 1 aliphatic carbocycles. The highest BCUT2D eigenvalue weighted by atomic mass is 32.2. The molecule has 0 atom stereocenters. The molecule has 0 unspecified atom stereocenters. The molecule has 0 radical (unpaired) electrons. The Kier molecular flexibility index (Phi) is 4.34. The van der Waals surface area contributed by atoms with Crippen molar-refractivity contribution in [3.05, 3.63) is 29.3 Å². The minimum Gasteiger partial charge on any atom is -0.303 e. The number of aryl methyl sites for hydroxylation is 2. The third-order valence-corrected chi connectivity index (χ3v) is 4.60. The van der Waals surface area contributed by atoms with Crippen molar-refractivity contribution >= 4 is 10.0 Å². The van der Waals surface area contributed by atoms with Crippen LogP contribution in [0.25, 0.3) is 0 Å². The van der Waals surface area contributed by atoms with E-state index in [1.165, 1.54) is 12.0 Å². The summed E-state index contributed by atoms with van der Waals surface area (Å²) in [6, 6.07) is 5.36. The molecule has 0 fully saturated rings. The maximum atomic E-state index is 12.0. The molecule has 3 N–H and O–H groups in total. The Morgan fingerprint density at radius 2 is 1.94 bits per heavy atom. The van der Waals surface area contributed by atoms with E-state index in [9.17, 15) is 8.42 Å². The van der Waals surface area contributed by atoms with Crippen molar-refractivity contribution in [2.45, 2.75) is 30.6 Å². The summed E-state index contributed by atoms with van der Waals surface area (Å²) < 4.78 is 26.4. The standard InChI is InChI=1S/C12H18N2O3S/c13-17-8-7-14-18(15,16)12-6-5-10-3-1-2-4-11(10)9-12/h5-6,9,14H,1-4,7-8,13H2. The van der Waals surface area contributed by atoms with Crippen molar-refractivity contribution in [3.8, 4) is 0 Å². The molecule has 1 aromatic carbocycles. The van der Waals surface area contributed by atoms with E-state index < -0.39 is 10.0 Å². The number of benzene rings is 1. The predicted molar refractivity (Wildman–Crippen MR) is 68.4 cm³/mol. The molecule has 0 saturated carbocycles. The Morgan fingerprint density at radius 1 is 1.22 bits per heavy atom. The van der Waals surface area contributed by atoms with E-state index in [0.717, 1.165) is 24.8 Å². The molecule has 2 rings (SSSR count). The molecule has 18 heavy (non-hydrogen) atoms. The van der Waals surface area contributed by atoms with Gasteiger partial charge in [0.15, 0.2) is 0 Å². The zero-order valence-corrected chi connectivity index (χ0v) is 11.0. The molecule has 0 bridgehead atoms. The third kappa shape index (κ3) is 3.08. The van der Waals surface area contributed by atoms with Crippen LogP contribution in [0.5, 0.6) is 0 Å². The highest BCUT2D eigenvalue weighted by Gasteiger charge is 2.17. The van der Waals surface area contributed by atoms with Gasteiger partial charge in [0.1, 0.15) is 0 Å². The highest BCUT2D eigenvalue weighted by molar-refractivity contribution is 7.89. The Hall–Kier alpha value is -0.950. The SMILES string of the molecule is NOCCNS(=O)(=O)c1ccc2c(c1)CCCC2. The smallest absolute Gasteiger partial charge is 0.240 e. The fourth-order valence-electron chi connectivity index (χ4n) is 2.20. The number of nitrogens with two attached hydrogens (primary N) is 1. The van der Waals surface area contributed by atoms with Crippen LogP contribution in [-0.4, -0.2) is 21.6 Å². The maximum absolute atomic E-state index is 12.0. The van der Waals surface area contributed by atoms with Gasteiger partial charge in [0.05, 0.1) is 11.5 Å². The first kappa shape index (κ1) is 13.5. The van der Waals surface area contributed by atoms with Gasteiger partial charge < -0.3 is 4.84 Å². The molecule has 0 aromatic heterocycles. The fourth-order valence-corrected chi connectivity index (χ4v) is 3.26. The fraction of sp³-hybridized carbons (Fsp3) is 0.500. The second-order valence-corrected chi connectivity index (χ2v) is 6.17. The largest absolute Gasteiger partial charge is 0.303 e. The summed E-state index contributed by atoms with van der Waals surface area (Å²) in [5.41, 5.74) is 2.42. The van der Waals surface area contributed by atoms with Crippen molar-refractivity contribution in [2.24, 2.45) is 5.90 Å². The van der Waals surface area contributed by atoms with Crippen LogP contribution in [0.2, 0.25) is 0 Å². The molecular weight excluding hydrogens is 252 g/mol. The second-order valence-electron chi connectivity index (χ2n) is 4.41. The van der Waals surface area contributed by atoms with Crippen molar-refractivity contribution in [1.82, 2.24) is 4.72 Å². The Morgan fingerprint density at radius 3 is 2.67 bits per heavy atom. The number of fused-ring (bicyclic) bond motifs is 1. The lowest BCUT2D eigenvalue weighted by Crippen LogP contribution is -2.28. The normalized spacial score (nSPS) is 15.4. The first-order chi connectivity index (χ1) is 8.63. The summed E-state index contributed by atoms with van der Waals surface area (Å²) in [5.74, 6) is 4.85. The van der Waals surface area contributed by atoms with Crippen molar-refractivity contribution in [3.63, 3.8) is 0 Å². The van der Waals surface area contributed by atoms with Gasteiger partial charge in [0.2, 0.25) is 10.0 Å². The molecule has 0 heterocycles.